The monoisotopic (exact) mass is 350 g/mol. The lowest BCUT2D eigenvalue weighted by molar-refractivity contribution is -0.384. The van der Waals surface area contributed by atoms with Gasteiger partial charge in [-0.25, -0.2) is 0 Å². The van der Waals surface area contributed by atoms with E-state index in [1.54, 1.807) is 24.3 Å². The Balaban J connectivity index is 2.39. The van der Waals surface area contributed by atoms with Crippen LogP contribution in [0.1, 0.15) is 12.8 Å². The minimum atomic E-state index is -0.512. The molecule has 0 saturated carbocycles. The molecular formula is C16H12Cl2N2O3. The highest BCUT2D eigenvalue weighted by Gasteiger charge is 2.16. The van der Waals surface area contributed by atoms with Crippen LogP contribution in [-0.4, -0.2) is 11.5 Å². The molecule has 0 heterocycles. The third-order valence-corrected chi connectivity index (χ3v) is 3.73. The van der Waals surface area contributed by atoms with E-state index in [2.05, 4.69) is 0 Å². The number of non-ortho nitro benzene ring substituents is 1. The average molecular weight is 351 g/mol. The number of nitro groups is 1. The van der Waals surface area contributed by atoms with Gasteiger partial charge in [-0.05, 0) is 24.6 Å². The zero-order valence-corrected chi connectivity index (χ0v) is 13.5. The number of ether oxygens (including phenoxy) is 1. The first-order valence-electron chi connectivity index (χ1n) is 6.77. The van der Waals surface area contributed by atoms with Crippen molar-refractivity contribution in [3.63, 3.8) is 0 Å². The van der Waals surface area contributed by atoms with Gasteiger partial charge in [0, 0.05) is 29.7 Å². The number of rotatable bonds is 6. The second-order valence-electron chi connectivity index (χ2n) is 4.64. The van der Waals surface area contributed by atoms with Crippen molar-refractivity contribution in [2.24, 2.45) is 0 Å². The SMILES string of the molecule is N#CCCCOc1cccc(Cl)c1-c1ccc([N+](=O)[O-])cc1Cl. The molecule has 0 fully saturated rings. The van der Waals surface area contributed by atoms with Gasteiger partial charge in [-0.15, -0.1) is 0 Å². The maximum absolute atomic E-state index is 10.8. The molecule has 7 heteroatoms. The van der Waals surface area contributed by atoms with E-state index in [0.29, 0.717) is 41.3 Å². The van der Waals surface area contributed by atoms with E-state index in [-0.39, 0.29) is 10.7 Å². The van der Waals surface area contributed by atoms with E-state index in [1.807, 2.05) is 6.07 Å². The Labute approximate surface area is 143 Å². The summed E-state index contributed by atoms with van der Waals surface area (Å²) in [7, 11) is 0. The summed E-state index contributed by atoms with van der Waals surface area (Å²) in [5, 5.41) is 20.0. The quantitative estimate of drug-likeness (QED) is 0.404. The fraction of sp³-hybridized carbons (Fsp3) is 0.188. The second-order valence-corrected chi connectivity index (χ2v) is 5.46. The maximum atomic E-state index is 10.8. The zero-order valence-electron chi connectivity index (χ0n) is 12.0. The van der Waals surface area contributed by atoms with Gasteiger partial charge in [0.2, 0.25) is 0 Å². The highest BCUT2D eigenvalue weighted by molar-refractivity contribution is 6.37. The largest absolute Gasteiger partial charge is 0.493 e. The number of nitriles is 1. The van der Waals surface area contributed by atoms with Gasteiger partial charge in [0.1, 0.15) is 5.75 Å². The van der Waals surface area contributed by atoms with Crippen molar-refractivity contribution in [1.29, 1.82) is 5.26 Å². The minimum Gasteiger partial charge on any atom is -0.493 e. The Morgan fingerprint density at radius 1 is 1.22 bits per heavy atom. The van der Waals surface area contributed by atoms with Crippen LogP contribution in [-0.2, 0) is 0 Å². The first-order valence-corrected chi connectivity index (χ1v) is 7.52. The summed E-state index contributed by atoms with van der Waals surface area (Å²) < 4.78 is 5.68. The van der Waals surface area contributed by atoms with Crippen molar-refractivity contribution in [2.75, 3.05) is 6.61 Å². The minimum absolute atomic E-state index is 0.0951. The molecule has 23 heavy (non-hydrogen) atoms. The Hall–Kier alpha value is -2.29. The van der Waals surface area contributed by atoms with Crippen molar-refractivity contribution < 1.29 is 9.66 Å². The summed E-state index contributed by atoms with van der Waals surface area (Å²) in [5.41, 5.74) is 1.03. The smallest absolute Gasteiger partial charge is 0.270 e. The van der Waals surface area contributed by atoms with Crippen molar-refractivity contribution in [2.45, 2.75) is 12.8 Å². The van der Waals surface area contributed by atoms with Crippen molar-refractivity contribution in [3.8, 4) is 22.9 Å². The Kier molecular flexibility index (Phi) is 5.80. The van der Waals surface area contributed by atoms with Crippen LogP contribution < -0.4 is 4.74 Å². The van der Waals surface area contributed by atoms with Gasteiger partial charge < -0.3 is 4.74 Å². The summed E-state index contributed by atoms with van der Waals surface area (Å²) in [6.45, 7) is 0.367. The van der Waals surface area contributed by atoms with E-state index in [4.69, 9.17) is 33.2 Å². The molecule has 0 aliphatic heterocycles. The van der Waals surface area contributed by atoms with E-state index in [0.717, 1.165) is 0 Å². The predicted octanol–water partition coefficient (Wildman–Crippen LogP) is 5.25. The number of halogens is 2. The summed E-state index contributed by atoms with van der Waals surface area (Å²) >= 11 is 12.4. The van der Waals surface area contributed by atoms with Gasteiger partial charge in [0.05, 0.1) is 27.6 Å². The van der Waals surface area contributed by atoms with E-state index >= 15 is 0 Å². The van der Waals surface area contributed by atoms with Crippen LogP contribution in [0.15, 0.2) is 36.4 Å². The van der Waals surface area contributed by atoms with Crippen LogP contribution in [0.2, 0.25) is 10.0 Å². The molecule has 0 atom stereocenters. The Morgan fingerprint density at radius 3 is 2.65 bits per heavy atom. The predicted molar refractivity (Wildman–Crippen MR) is 88.9 cm³/mol. The third kappa shape index (κ3) is 4.13. The molecule has 0 aliphatic carbocycles. The molecule has 0 bridgehead atoms. The first-order chi connectivity index (χ1) is 11.0. The molecule has 118 valence electrons. The fourth-order valence-corrected chi connectivity index (χ4v) is 2.58. The molecule has 0 unspecified atom stereocenters. The normalized spacial score (nSPS) is 10.1. The van der Waals surface area contributed by atoms with Crippen molar-refractivity contribution in [1.82, 2.24) is 0 Å². The number of nitro benzene ring substituents is 1. The molecule has 0 N–H and O–H groups in total. The summed E-state index contributed by atoms with van der Waals surface area (Å²) in [6.07, 6.45) is 0.991. The van der Waals surface area contributed by atoms with Crippen LogP contribution >= 0.6 is 23.2 Å². The number of benzene rings is 2. The van der Waals surface area contributed by atoms with Gasteiger partial charge in [-0.3, -0.25) is 10.1 Å². The van der Waals surface area contributed by atoms with Gasteiger partial charge >= 0.3 is 0 Å². The molecule has 0 amide bonds. The van der Waals surface area contributed by atoms with Gasteiger partial charge in [0.25, 0.3) is 5.69 Å². The van der Waals surface area contributed by atoms with Crippen LogP contribution in [0.4, 0.5) is 5.69 Å². The Morgan fingerprint density at radius 2 is 2.00 bits per heavy atom. The fourth-order valence-electron chi connectivity index (χ4n) is 2.04. The second kappa shape index (κ2) is 7.82. The van der Waals surface area contributed by atoms with Crippen molar-refractivity contribution >= 4 is 28.9 Å². The molecule has 2 aromatic carbocycles. The summed E-state index contributed by atoms with van der Waals surface area (Å²) in [6, 6.07) is 11.4. The van der Waals surface area contributed by atoms with Gasteiger partial charge in [0.15, 0.2) is 0 Å². The highest BCUT2D eigenvalue weighted by Crippen LogP contribution is 2.41. The van der Waals surface area contributed by atoms with Crippen LogP contribution in [0.25, 0.3) is 11.1 Å². The zero-order chi connectivity index (χ0) is 16.8. The lowest BCUT2D eigenvalue weighted by Crippen LogP contribution is -1.99. The first kappa shape index (κ1) is 17.1. The molecule has 0 spiro atoms. The molecule has 0 aliphatic rings. The van der Waals surface area contributed by atoms with Gasteiger partial charge in [-0.2, -0.15) is 5.26 Å². The van der Waals surface area contributed by atoms with E-state index in [9.17, 15) is 10.1 Å². The standard InChI is InChI=1S/C16H12Cl2N2O3/c17-13-4-3-5-15(23-9-2-1-8-19)16(13)12-7-6-11(20(21)22)10-14(12)18/h3-7,10H,1-2,9H2. The molecular weight excluding hydrogens is 339 g/mol. The highest BCUT2D eigenvalue weighted by atomic mass is 35.5. The Bertz CT molecular complexity index is 772. The number of nitrogens with zero attached hydrogens (tertiary/aromatic N) is 2. The molecule has 2 rings (SSSR count). The van der Waals surface area contributed by atoms with E-state index < -0.39 is 4.92 Å². The number of hydrogen-bond acceptors (Lipinski definition) is 4. The van der Waals surface area contributed by atoms with Gasteiger partial charge in [-0.1, -0.05) is 29.3 Å². The summed E-state index contributed by atoms with van der Waals surface area (Å²) in [5.74, 6) is 0.520. The average Bonchev–Trinajstić information content (AvgIpc) is 2.52. The number of hydrogen-bond donors (Lipinski definition) is 0. The lowest BCUT2D eigenvalue weighted by atomic mass is 10.0. The van der Waals surface area contributed by atoms with Crippen molar-refractivity contribution in [3.05, 3.63) is 56.6 Å². The molecule has 2 aromatic rings. The summed E-state index contributed by atoms with van der Waals surface area (Å²) in [4.78, 5) is 10.3. The molecule has 0 saturated heterocycles. The molecule has 5 nitrogen and oxygen atoms in total. The lowest BCUT2D eigenvalue weighted by Gasteiger charge is -2.14. The maximum Gasteiger partial charge on any atom is 0.270 e. The molecule has 0 radical (unpaired) electrons. The van der Waals surface area contributed by atoms with E-state index in [1.165, 1.54) is 12.1 Å². The molecule has 0 aromatic heterocycles. The van der Waals surface area contributed by atoms with Crippen LogP contribution in [0.5, 0.6) is 5.75 Å². The number of unbranched alkanes of at least 4 members (excludes halogenated alkanes) is 1. The third-order valence-electron chi connectivity index (χ3n) is 3.10. The van der Waals surface area contributed by atoms with Crippen LogP contribution in [0.3, 0.4) is 0 Å². The van der Waals surface area contributed by atoms with Crippen LogP contribution in [0, 0.1) is 21.4 Å². The topological polar surface area (TPSA) is 76.2 Å².